The summed E-state index contributed by atoms with van der Waals surface area (Å²) in [6.07, 6.45) is 3.25. The van der Waals surface area contributed by atoms with E-state index in [1.54, 1.807) is 0 Å². The number of hydrogen-bond donors (Lipinski definition) is 1. The standard InChI is InChI=1S/C8H19NO2S/c1-2-3-7-12(10,11)8-5-4-6-9/h2-9H2,1H3. The Labute approximate surface area is 75.3 Å². The first kappa shape index (κ1) is 11.9. The van der Waals surface area contributed by atoms with Crippen molar-refractivity contribution >= 4 is 9.84 Å². The van der Waals surface area contributed by atoms with Gasteiger partial charge in [0.15, 0.2) is 0 Å². The van der Waals surface area contributed by atoms with E-state index < -0.39 is 9.84 Å². The topological polar surface area (TPSA) is 60.2 Å². The van der Waals surface area contributed by atoms with Gasteiger partial charge >= 0.3 is 0 Å². The van der Waals surface area contributed by atoms with Gasteiger partial charge in [-0.25, -0.2) is 8.42 Å². The molecule has 3 nitrogen and oxygen atoms in total. The second-order valence-electron chi connectivity index (χ2n) is 3.00. The van der Waals surface area contributed by atoms with Gasteiger partial charge in [-0.2, -0.15) is 0 Å². The minimum absolute atomic E-state index is 0.310. The predicted octanol–water partition coefficient (Wildman–Crippen LogP) is 0.940. The number of rotatable bonds is 7. The molecule has 0 amide bonds. The minimum Gasteiger partial charge on any atom is -0.330 e. The molecule has 0 saturated carbocycles. The lowest BCUT2D eigenvalue weighted by Gasteiger charge is -2.01. The summed E-state index contributed by atoms with van der Waals surface area (Å²) in [6.45, 7) is 2.58. The molecule has 0 spiro atoms. The molecular formula is C8H19NO2S. The van der Waals surface area contributed by atoms with Crippen molar-refractivity contribution in [3.63, 3.8) is 0 Å². The quantitative estimate of drug-likeness (QED) is 0.612. The minimum atomic E-state index is -2.77. The molecule has 12 heavy (non-hydrogen) atoms. The zero-order valence-electron chi connectivity index (χ0n) is 7.75. The van der Waals surface area contributed by atoms with Crippen molar-refractivity contribution in [2.24, 2.45) is 5.73 Å². The van der Waals surface area contributed by atoms with E-state index in [4.69, 9.17) is 5.73 Å². The molecule has 4 heteroatoms. The van der Waals surface area contributed by atoms with Crippen LogP contribution in [0.5, 0.6) is 0 Å². The second kappa shape index (κ2) is 6.43. The van der Waals surface area contributed by atoms with Gasteiger partial charge in [0.05, 0.1) is 11.5 Å². The lowest BCUT2D eigenvalue weighted by atomic mass is 10.3. The molecule has 0 fully saturated rings. The summed E-state index contributed by atoms with van der Waals surface area (Å²) in [5, 5.41) is 0. The van der Waals surface area contributed by atoms with Crippen LogP contribution in [0.25, 0.3) is 0 Å². The molecule has 0 heterocycles. The highest BCUT2D eigenvalue weighted by atomic mass is 32.2. The van der Waals surface area contributed by atoms with Crippen molar-refractivity contribution in [3.8, 4) is 0 Å². The molecular weight excluding hydrogens is 174 g/mol. The molecule has 0 aliphatic rings. The fraction of sp³-hybridized carbons (Fsp3) is 1.00. The Morgan fingerprint density at radius 2 is 1.67 bits per heavy atom. The summed E-state index contributed by atoms with van der Waals surface area (Å²) in [5.41, 5.74) is 5.26. The Kier molecular flexibility index (Phi) is 6.38. The van der Waals surface area contributed by atoms with E-state index in [1.165, 1.54) is 0 Å². The number of sulfone groups is 1. The third kappa shape index (κ3) is 6.61. The van der Waals surface area contributed by atoms with Crippen molar-refractivity contribution < 1.29 is 8.42 Å². The summed E-state index contributed by atoms with van der Waals surface area (Å²) in [5.74, 6) is 0.651. The van der Waals surface area contributed by atoms with E-state index in [0.29, 0.717) is 24.5 Å². The molecule has 0 aliphatic heterocycles. The summed E-state index contributed by atoms with van der Waals surface area (Å²) in [7, 11) is -2.77. The van der Waals surface area contributed by atoms with Crippen molar-refractivity contribution in [2.45, 2.75) is 32.6 Å². The molecule has 0 radical (unpaired) electrons. The zero-order valence-corrected chi connectivity index (χ0v) is 8.57. The maximum Gasteiger partial charge on any atom is 0.150 e. The molecule has 2 N–H and O–H groups in total. The molecule has 0 atom stereocenters. The van der Waals surface area contributed by atoms with Crippen molar-refractivity contribution in [1.29, 1.82) is 0 Å². The molecule has 0 saturated heterocycles. The third-order valence-electron chi connectivity index (χ3n) is 1.72. The van der Waals surface area contributed by atoms with Gasteiger partial charge < -0.3 is 5.73 Å². The fourth-order valence-electron chi connectivity index (χ4n) is 0.933. The molecule has 0 aliphatic carbocycles. The molecule has 0 aromatic carbocycles. The smallest absolute Gasteiger partial charge is 0.150 e. The van der Waals surface area contributed by atoms with Crippen molar-refractivity contribution in [3.05, 3.63) is 0 Å². The Hall–Kier alpha value is -0.0900. The molecule has 0 aromatic rings. The third-order valence-corrected chi connectivity index (χ3v) is 3.54. The SMILES string of the molecule is CCCCS(=O)(=O)CCCCN. The predicted molar refractivity (Wildman–Crippen MR) is 51.9 cm³/mol. The number of unbranched alkanes of at least 4 members (excludes halogenated alkanes) is 2. The fourth-order valence-corrected chi connectivity index (χ4v) is 2.51. The van der Waals surface area contributed by atoms with Crippen LogP contribution >= 0.6 is 0 Å². The monoisotopic (exact) mass is 193 g/mol. The number of hydrogen-bond acceptors (Lipinski definition) is 3. The Balaban J connectivity index is 3.58. The van der Waals surface area contributed by atoms with Gasteiger partial charge in [-0.3, -0.25) is 0 Å². The lowest BCUT2D eigenvalue weighted by Crippen LogP contribution is -2.12. The van der Waals surface area contributed by atoms with Crippen LogP contribution in [-0.2, 0) is 9.84 Å². The van der Waals surface area contributed by atoms with Gasteiger partial charge in [0.1, 0.15) is 9.84 Å². The molecule has 0 aromatic heterocycles. The van der Waals surface area contributed by atoms with E-state index in [-0.39, 0.29) is 0 Å². The molecule has 0 unspecified atom stereocenters. The maximum atomic E-state index is 11.2. The Morgan fingerprint density at radius 1 is 1.08 bits per heavy atom. The van der Waals surface area contributed by atoms with Crippen molar-refractivity contribution in [1.82, 2.24) is 0 Å². The lowest BCUT2D eigenvalue weighted by molar-refractivity contribution is 0.588. The zero-order chi connectivity index (χ0) is 9.45. The van der Waals surface area contributed by atoms with Gasteiger partial charge in [0.25, 0.3) is 0 Å². The van der Waals surface area contributed by atoms with E-state index in [0.717, 1.165) is 19.3 Å². The first-order valence-corrected chi connectivity index (χ1v) is 6.35. The van der Waals surface area contributed by atoms with Gasteiger partial charge in [-0.05, 0) is 25.8 Å². The first-order chi connectivity index (χ1) is 5.62. The van der Waals surface area contributed by atoms with Crippen LogP contribution in [-0.4, -0.2) is 26.5 Å². The summed E-state index contributed by atoms with van der Waals surface area (Å²) in [6, 6.07) is 0. The van der Waals surface area contributed by atoms with Crippen LogP contribution in [0.15, 0.2) is 0 Å². The van der Waals surface area contributed by atoms with E-state index >= 15 is 0 Å². The summed E-state index contributed by atoms with van der Waals surface area (Å²) in [4.78, 5) is 0. The van der Waals surface area contributed by atoms with E-state index in [1.807, 2.05) is 6.92 Å². The van der Waals surface area contributed by atoms with E-state index in [9.17, 15) is 8.42 Å². The Morgan fingerprint density at radius 3 is 2.17 bits per heavy atom. The van der Waals surface area contributed by atoms with Gasteiger partial charge in [-0.15, -0.1) is 0 Å². The van der Waals surface area contributed by atoms with Crippen molar-refractivity contribution in [2.75, 3.05) is 18.1 Å². The van der Waals surface area contributed by atoms with Gasteiger partial charge in [0.2, 0.25) is 0 Å². The van der Waals surface area contributed by atoms with Gasteiger partial charge in [0, 0.05) is 0 Å². The molecule has 74 valence electrons. The summed E-state index contributed by atoms with van der Waals surface area (Å²) < 4.78 is 22.4. The van der Waals surface area contributed by atoms with Crippen LogP contribution in [0.4, 0.5) is 0 Å². The van der Waals surface area contributed by atoms with Crippen LogP contribution in [0.3, 0.4) is 0 Å². The molecule has 0 bridgehead atoms. The highest BCUT2D eigenvalue weighted by Gasteiger charge is 2.08. The number of nitrogens with two attached hydrogens (primary N) is 1. The average Bonchev–Trinajstić information content (AvgIpc) is 2.01. The van der Waals surface area contributed by atoms with Crippen LogP contribution < -0.4 is 5.73 Å². The van der Waals surface area contributed by atoms with Crippen LogP contribution in [0, 0.1) is 0 Å². The normalized spacial score (nSPS) is 11.8. The van der Waals surface area contributed by atoms with Crippen LogP contribution in [0.2, 0.25) is 0 Å². The largest absolute Gasteiger partial charge is 0.330 e. The average molecular weight is 193 g/mol. The first-order valence-electron chi connectivity index (χ1n) is 4.53. The molecule has 0 rings (SSSR count). The second-order valence-corrected chi connectivity index (χ2v) is 5.30. The highest BCUT2D eigenvalue weighted by molar-refractivity contribution is 7.91. The Bertz CT molecular complexity index is 187. The maximum absolute atomic E-state index is 11.2. The van der Waals surface area contributed by atoms with Crippen LogP contribution in [0.1, 0.15) is 32.6 Å². The summed E-state index contributed by atoms with van der Waals surface area (Å²) >= 11 is 0. The van der Waals surface area contributed by atoms with Gasteiger partial charge in [-0.1, -0.05) is 13.3 Å². The highest BCUT2D eigenvalue weighted by Crippen LogP contribution is 2.00. The van der Waals surface area contributed by atoms with E-state index in [2.05, 4.69) is 0 Å².